The van der Waals surface area contributed by atoms with Gasteiger partial charge in [-0.3, -0.25) is 20.2 Å². The Kier molecular flexibility index (Phi) is 6.68. The summed E-state index contributed by atoms with van der Waals surface area (Å²) in [7, 11) is 0. The van der Waals surface area contributed by atoms with E-state index in [1.54, 1.807) is 12.1 Å². The monoisotopic (exact) mass is 422 g/mol. The van der Waals surface area contributed by atoms with E-state index in [4.69, 9.17) is 4.74 Å². The predicted molar refractivity (Wildman–Crippen MR) is 104 cm³/mol. The van der Waals surface area contributed by atoms with Crippen LogP contribution in [0.25, 0.3) is 0 Å². The van der Waals surface area contributed by atoms with E-state index >= 15 is 0 Å². The van der Waals surface area contributed by atoms with Crippen LogP contribution in [0.5, 0.6) is 5.75 Å². The zero-order valence-corrected chi connectivity index (χ0v) is 16.5. The molecule has 12 heteroatoms. The molecule has 3 rings (SSSR count). The highest BCUT2D eigenvalue weighted by Crippen LogP contribution is 2.25. The van der Waals surface area contributed by atoms with Crippen LogP contribution in [0.15, 0.2) is 34.7 Å². The predicted octanol–water partition coefficient (Wildman–Crippen LogP) is 2.45. The summed E-state index contributed by atoms with van der Waals surface area (Å²) in [5, 5.41) is 22.3. The van der Waals surface area contributed by atoms with Gasteiger partial charge in [0.25, 0.3) is 5.91 Å². The Morgan fingerprint density at radius 3 is 2.44 bits per heavy atom. The second-order valence-corrected chi connectivity index (χ2v) is 8.37. The van der Waals surface area contributed by atoms with Crippen molar-refractivity contribution in [3.05, 3.63) is 35.3 Å². The molecule has 0 aliphatic carbocycles. The van der Waals surface area contributed by atoms with Crippen LogP contribution in [0.3, 0.4) is 0 Å². The number of para-hydroxylation sites is 1. The van der Waals surface area contributed by atoms with E-state index in [9.17, 15) is 9.59 Å². The lowest BCUT2D eigenvalue weighted by Crippen LogP contribution is -2.20. The number of ether oxygens (including phenoxy) is 1. The number of anilines is 2. The van der Waals surface area contributed by atoms with Crippen molar-refractivity contribution >= 4 is 56.5 Å². The third kappa shape index (κ3) is 6.27. The molecule has 0 radical (unpaired) electrons. The Morgan fingerprint density at radius 2 is 1.70 bits per heavy atom. The molecule has 0 aliphatic heterocycles. The van der Waals surface area contributed by atoms with Gasteiger partial charge in [-0.15, -0.1) is 20.4 Å². The Balaban J connectivity index is 1.41. The number of hydrogen-bond acceptors (Lipinski definition) is 10. The van der Waals surface area contributed by atoms with Crippen LogP contribution in [0.2, 0.25) is 0 Å². The Bertz CT molecular complexity index is 914. The molecule has 3 aromatic rings. The first-order chi connectivity index (χ1) is 13.1. The molecule has 1 aromatic carbocycles. The minimum Gasteiger partial charge on any atom is -0.484 e. The van der Waals surface area contributed by atoms with Crippen molar-refractivity contribution in [2.45, 2.75) is 11.3 Å². The zero-order valence-electron chi connectivity index (χ0n) is 14.0. The molecule has 9 nitrogen and oxygen atoms in total. The van der Waals surface area contributed by atoms with Crippen molar-refractivity contribution in [3.63, 3.8) is 0 Å². The van der Waals surface area contributed by atoms with E-state index in [0.717, 1.165) is 5.01 Å². The first-order valence-corrected chi connectivity index (χ1v) is 10.2. The molecular weight excluding hydrogens is 408 g/mol. The summed E-state index contributed by atoms with van der Waals surface area (Å²) in [5.74, 6) is 0.208. The van der Waals surface area contributed by atoms with Crippen LogP contribution in [0.1, 0.15) is 5.01 Å². The van der Waals surface area contributed by atoms with Gasteiger partial charge in [-0.1, -0.05) is 52.6 Å². The van der Waals surface area contributed by atoms with E-state index in [0.29, 0.717) is 20.4 Å². The fourth-order valence-corrected chi connectivity index (χ4v) is 3.95. The summed E-state index contributed by atoms with van der Waals surface area (Å²) in [4.78, 5) is 23.8. The molecular formula is C15H14N6O3S3. The van der Waals surface area contributed by atoms with Gasteiger partial charge in [0, 0.05) is 0 Å². The van der Waals surface area contributed by atoms with Gasteiger partial charge in [-0.25, -0.2) is 0 Å². The van der Waals surface area contributed by atoms with E-state index in [1.165, 1.54) is 34.4 Å². The Morgan fingerprint density at radius 1 is 1.00 bits per heavy atom. The molecule has 0 saturated heterocycles. The fourth-order valence-electron chi connectivity index (χ4n) is 1.77. The van der Waals surface area contributed by atoms with Crippen LogP contribution < -0.4 is 15.4 Å². The molecule has 0 saturated carbocycles. The number of amides is 2. The minimum atomic E-state index is -0.337. The van der Waals surface area contributed by atoms with E-state index in [2.05, 4.69) is 31.0 Å². The van der Waals surface area contributed by atoms with E-state index < -0.39 is 0 Å². The number of rotatable bonds is 8. The zero-order chi connectivity index (χ0) is 19.1. The molecule has 0 aliphatic rings. The molecule has 0 bridgehead atoms. The SMILES string of the molecule is Cc1nnc(NC(=O)CSc2nnc(NC(=O)COc3ccccc3)s2)s1. The molecule has 2 amide bonds. The van der Waals surface area contributed by atoms with Crippen LogP contribution >= 0.6 is 34.4 Å². The smallest absolute Gasteiger partial charge is 0.264 e. The average Bonchev–Trinajstić information content (AvgIpc) is 3.28. The lowest BCUT2D eigenvalue weighted by molar-refractivity contribution is -0.118. The lowest BCUT2D eigenvalue weighted by atomic mass is 10.3. The van der Waals surface area contributed by atoms with Gasteiger partial charge in [-0.05, 0) is 19.1 Å². The number of nitrogens with one attached hydrogen (secondary N) is 2. The number of aryl methyl sites for hydroxylation is 1. The van der Waals surface area contributed by atoms with Gasteiger partial charge in [-0.2, -0.15) is 0 Å². The Labute approximate surface area is 166 Å². The molecule has 27 heavy (non-hydrogen) atoms. The van der Waals surface area contributed by atoms with E-state index in [1.807, 2.05) is 25.1 Å². The summed E-state index contributed by atoms with van der Waals surface area (Å²) in [6.45, 7) is 1.68. The van der Waals surface area contributed by atoms with Crippen LogP contribution in [0.4, 0.5) is 10.3 Å². The van der Waals surface area contributed by atoms with Gasteiger partial charge >= 0.3 is 0 Å². The van der Waals surface area contributed by atoms with Gasteiger partial charge < -0.3 is 4.74 Å². The summed E-state index contributed by atoms with van der Waals surface area (Å²) in [6.07, 6.45) is 0. The van der Waals surface area contributed by atoms with Crippen LogP contribution in [-0.4, -0.2) is 44.6 Å². The molecule has 0 unspecified atom stereocenters. The maximum atomic E-state index is 11.9. The van der Waals surface area contributed by atoms with Crippen molar-refractivity contribution in [2.24, 2.45) is 0 Å². The maximum Gasteiger partial charge on any atom is 0.264 e. The second kappa shape index (κ2) is 9.39. The third-order valence-corrected chi connectivity index (χ3v) is 5.59. The molecule has 2 aromatic heterocycles. The molecule has 140 valence electrons. The topological polar surface area (TPSA) is 119 Å². The van der Waals surface area contributed by atoms with Crippen molar-refractivity contribution < 1.29 is 14.3 Å². The van der Waals surface area contributed by atoms with Crippen molar-refractivity contribution in [1.29, 1.82) is 0 Å². The van der Waals surface area contributed by atoms with Crippen molar-refractivity contribution in [1.82, 2.24) is 20.4 Å². The lowest BCUT2D eigenvalue weighted by Gasteiger charge is -2.04. The Hall–Kier alpha value is -2.57. The number of carbonyl (C=O) groups excluding carboxylic acids is 2. The number of hydrogen-bond donors (Lipinski definition) is 2. The largest absolute Gasteiger partial charge is 0.484 e. The first-order valence-electron chi connectivity index (χ1n) is 7.62. The summed E-state index contributed by atoms with van der Waals surface area (Å²) >= 11 is 3.71. The summed E-state index contributed by atoms with van der Waals surface area (Å²) in [6, 6.07) is 9.04. The summed E-state index contributed by atoms with van der Waals surface area (Å²) < 4.78 is 5.93. The minimum absolute atomic E-state index is 0.129. The number of aromatic nitrogens is 4. The van der Waals surface area contributed by atoms with Gasteiger partial charge in [0.05, 0.1) is 5.75 Å². The highest BCUT2D eigenvalue weighted by atomic mass is 32.2. The van der Waals surface area contributed by atoms with Gasteiger partial charge in [0.1, 0.15) is 10.8 Å². The fraction of sp³-hybridized carbons (Fsp3) is 0.200. The third-order valence-electron chi connectivity index (χ3n) is 2.87. The average molecular weight is 423 g/mol. The molecule has 0 fully saturated rings. The molecule has 0 spiro atoms. The first kappa shape index (κ1) is 19.2. The normalized spacial score (nSPS) is 10.4. The highest BCUT2D eigenvalue weighted by molar-refractivity contribution is 8.01. The summed E-state index contributed by atoms with van der Waals surface area (Å²) in [5.41, 5.74) is 0. The molecule has 2 N–H and O–H groups in total. The standard InChI is InChI=1S/C15H14N6O3S3/c1-9-18-19-13(26-9)17-12(23)8-25-15-21-20-14(27-15)16-11(22)7-24-10-5-3-2-4-6-10/h2-6H,7-8H2,1H3,(H,16,20,22)(H,17,19,23). The molecule has 2 heterocycles. The number of thioether (sulfide) groups is 1. The van der Waals surface area contributed by atoms with Crippen LogP contribution in [-0.2, 0) is 9.59 Å². The molecule has 0 atom stereocenters. The number of carbonyl (C=O) groups is 2. The van der Waals surface area contributed by atoms with Gasteiger partial charge in [0.15, 0.2) is 10.9 Å². The van der Waals surface area contributed by atoms with Crippen LogP contribution in [0, 0.1) is 6.92 Å². The second-order valence-electron chi connectivity index (χ2n) is 4.99. The number of nitrogens with zero attached hydrogens (tertiary/aromatic N) is 4. The van der Waals surface area contributed by atoms with E-state index in [-0.39, 0.29) is 24.2 Å². The maximum absolute atomic E-state index is 11.9. The van der Waals surface area contributed by atoms with Gasteiger partial charge in [0.2, 0.25) is 16.2 Å². The van der Waals surface area contributed by atoms with Crippen molar-refractivity contribution in [2.75, 3.05) is 23.0 Å². The number of benzene rings is 1. The quantitative estimate of drug-likeness (QED) is 0.420. The van der Waals surface area contributed by atoms with Crippen molar-refractivity contribution in [3.8, 4) is 5.75 Å². The highest BCUT2D eigenvalue weighted by Gasteiger charge is 2.12.